The Bertz CT molecular complexity index is 1250. The van der Waals surface area contributed by atoms with E-state index >= 15 is 0 Å². The van der Waals surface area contributed by atoms with Crippen LogP contribution < -0.4 is 4.74 Å². The van der Waals surface area contributed by atoms with Gasteiger partial charge in [0.2, 0.25) is 0 Å². The Kier molecular flexibility index (Phi) is 9.75. The van der Waals surface area contributed by atoms with E-state index in [1.807, 2.05) is 18.2 Å². The summed E-state index contributed by atoms with van der Waals surface area (Å²) in [7, 11) is 0. The average Bonchev–Trinajstić information content (AvgIpc) is 2.94. The maximum Gasteiger partial charge on any atom is 0.124 e. The lowest BCUT2D eigenvalue weighted by atomic mass is 9.92. The molecule has 0 bridgehead atoms. The molecule has 4 nitrogen and oxygen atoms in total. The van der Waals surface area contributed by atoms with E-state index in [1.165, 1.54) is 30.4 Å². The minimum atomic E-state index is 0.568. The van der Waals surface area contributed by atoms with Crippen molar-refractivity contribution < 1.29 is 4.74 Å². The fraction of sp³-hybridized carbons (Fsp3) is 0.394. The summed E-state index contributed by atoms with van der Waals surface area (Å²) in [5.74, 6) is 0.930. The Morgan fingerprint density at radius 3 is 2.59 bits per heavy atom. The highest BCUT2D eigenvalue weighted by Gasteiger charge is 2.15. The number of ether oxygens (including phenoxy) is 1. The van der Waals surface area contributed by atoms with Gasteiger partial charge in [-0.2, -0.15) is 10.5 Å². The second-order valence-corrected chi connectivity index (χ2v) is 9.97. The molecule has 2 aliphatic rings. The van der Waals surface area contributed by atoms with E-state index < -0.39 is 0 Å². The van der Waals surface area contributed by atoms with Gasteiger partial charge in [-0.3, -0.25) is 4.90 Å². The van der Waals surface area contributed by atoms with Gasteiger partial charge in [0.05, 0.1) is 18.2 Å². The molecule has 0 spiro atoms. The molecule has 1 aliphatic heterocycles. The zero-order chi connectivity index (χ0) is 25.9. The summed E-state index contributed by atoms with van der Waals surface area (Å²) in [6, 6.07) is 15.2. The van der Waals surface area contributed by atoms with Crippen molar-refractivity contribution in [1.29, 1.82) is 10.5 Å². The number of rotatable bonds is 10. The molecule has 0 aromatic heterocycles. The van der Waals surface area contributed by atoms with Crippen LogP contribution in [0.25, 0.3) is 17.7 Å². The van der Waals surface area contributed by atoms with Gasteiger partial charge in [0, 0.05) is 18.5 Å². The predicted octanol–water partition coefficient (Wildman–Crippen LogP) is 7.83. The number of aryl methyl sites for hydroxylation is 1. The normalized spacial score (nSPS) is 15.8. The number of benzene rings is 2. The molecule has 2 aromatic carbocycles. The summed E-state index contributed by atoms with van der Waals surface area (Å²) in [6.45, 7) is 5.95. The third-order valence-corrected chi connectivity index (χ3v) is 7.19. The third-order valence-electron chi connectivity index (χ3n) is 7.19. The van der Waals surface area contributed by atoms with Crippen LogP contribution in [0.5, 0.6) is 5.75 Å². The molecule has 1 aliphatic carbocycles. The molecule has 37 heavy (non-hydrogen) atoms. The SMILES string of the molecule is Cc1cc(CN2CCCCC2)c(OCCCCC#N)cc1/C=C/c1cccc(C2=CCCC=C2)c1C#N. The van der Waals surface area contributed by atoms with Crippen molar-refractivity contribution in [2.24, 2.45) is 0 Å². The molecule has 4 rings (SSSR count). The molecule has 0 radical (unpaired) electrons. The second-order valence-electron chi connectivity index (χ2n) is 9.97. The fourth-order valence-electron chi connectivity index (χ4n) is 5.11. The average molecular weight is 492 g/mol. The van der Waals surface area contributed by atoms with Crippen LogP contribution in [0.3, 0.4) is 0 Å². The maximum atomic E-state index is 10.00. The molecule has 0 amide bonds. The summed E-state index contributed by atoms with van der Waals surface area (Å²) in [5, 5.41) is 18.8. The Morgan fingerprint density at radius 2 is 1.84 bits per heavy atom. The monoisotopic (exact) mass is 491 g/mol. The standard InChI is InChI=1S/C33H37N3O/c1-26-22-30(25-36-19-8-4-9-20-36)33(37-21-10-3-7-18-34)23-29(26)17-16-28-14-11-15-31(32(28)24-35)27-12-5-2-6-13-27/h5,11-17,22-23H,2-4,6-10,19-21,25H2,1H3/b17-16+. The molecule has 0 saturated carbocycles. The lowest BCUT2D eigenvalue weighted by molar-refractivity contribution is 0.215. The van der Waals surface area contributed by atoms with Crippen molar-refractivity contribution in [3.8, 4) is 17.9 Å². The Hall–Kier alpha value is -3.60. The summed E-state index contributed by atoms with van der Waals surface area (Å²) >= 11 is 0. The van der Waals surface area contributed by atoms with Crippen LogP contribution in [0.4, 0.5) is 0 Å². The van der Waals surface area contributed by atoms with Crippen LogP contribution in [0, 0.1) is 29.6 Å². The molecule has 0 N–H and O–H groups in total. The number of hydrogen-bond acceptors (Lipinski definition) is 4. The van der Waals surface area contributed by atoms with Crippen molar-refractivity contribution in [2.45, 2.75) is 64.8 Å². The highest BCUT2D eigenvalue weighted by Crippen LogP contribution is 2.30. The van der Waals surface area contributed by atoms with Gasteiger partial charge in [0.1, 0.15) is 11.8 Å². The van der Waals surface area contributed by atoms with Crippen molar-refractivity contribution in [3.63, 3.8) is 0 Å². The van der Waals surface area contributed by atoms with Gasteiger partial charge < -0.3 is 4.74 Å². The summed E-state index contributed by atoms with van der Waals surface area (Å²) in [5.41, 5.74) is 7.29. The van der Waals surface area contributed by atoms with Gasteiger partial charge in [0.25, 0.3) is 0 Å². The number of nitrogens with zero attached hydrogens (tertiary/aromatic N) is 3. The molecule has 1 heterocycles. The molecule has 1 saturated heterocycles. The van der Waals surface area contributed by atoms with Crippen LogP contribution >= 0.6 is 0 Å². The van der Waals surface area contributed by atoms with E-state index in [0.29, 0.717) is 18.6 Å². The van der Waals surface area contributed by atoms with Crippen molar-refractivity contribution >= 4 is 17.7 Å². The number of likely N-dealkylation sites (tertiary alicyclic amines) is 1. The molecular formula is C33H37N3O. The third kappa shape index (κ3) is 7.22. The van der Waals surface area contributed by atoms with E-state index in [2.05, 4.69) is 66.5 Å². The first-order valence-electron chi connectivity index (χ1n) is 13.6. The molecule has 0 atom stereocenters. The molecule has 2 aromatic rings. The quantitative estimate of drug-likeness (QED) is 0.251. The van der Waals surface area contributed by atoms with Gasteiger partial charge >= 0.3 is 0 Å². The zero-order valence-electron chi connectivity index (χ0n) is 22.0. The van der Waals surface area contributed by atoms with Gasteiger partial charge in [-0.05, 0) is 92.4 Å². The van der Waals surface area contributed by atoms with E-state index in [9.17, 15) is 5.26 Å². The van der Waals surface area contributed by atoms with Crippen molar-refractivity contribution in [2.75, 3.05) is 19.7 Å². The van der Waals surface area contributed by atoms with E-state index in [-0.39, 0.29) is 0 Å². The van der Waals surface area contributed by atoms with E-state index in [4.69, 9.17) is 10.00 Å². The van der Waals surface area contributed by atoms with Gasteiger partial charge in [-0.25, -0.2) is 0 Å². The molecule has 0 unspecified atom stereocenters. The number of hydrogen-bond donors (Lipinski definition) is 0. The predicted molar refractivity (Wildman–Crippen MR) is 152 cm³/mol. The van der Waals surface area contributed by atoms with Crippen LogP contribution in [0.2, 0.25) is 0 Å². The van der Waals surface area contributed by atoms with Crippen LogP contribution in [0.15, 0.2) is 48.6 Å². The number of piperidine rings is 1. The highest BCUT2D eigenvalue weighted by atomic mass is 16.5. The number of allylic oxidation sites excluding steroid dienone is 4. The number of unbranched alkanes of at least 4 members (excludes halogenated alkanes) is 2. The smallest absolute Gasteiger partial charge is 0.124 e. The fourth-order valence-corrected chi connectivity index (χ4v) is 5.11. The summed E-state index contributed by atoms with van der Waals surface area (Å²) in [6.07, 6.45) is 18.9. The van der Waals surface area contributed by atoms with Gasteiger partial charge in [-0.15, -0.1) is 0 Å². The Balaban J connectivity index is 1.60. The first-order chi connectivity index (χ1) is 18.2. The van der Waals surface area contributed by atoms with Crippen molar-refractivity contribution in [3.05, 3.63) is 81.9 Å². The van der Waals surface area contributed by atoms with E-state index in [0.717, 1.165) is 73.3 Å². The largest absolute Gasteiger partial charge is 0.493 e. The Labute approximate surface area is 222 Å². The molecule has 190 valence electrons. The Morgan fingerprint density at radius 1 is 1.00 bits per heavy atom. The molecular weight excluding hydrogens is 454 g/mol. The highest BCUT2D eigenvalue weighted by molar-refractivity contribution is 5.83. The molecule has 1 fully saturated rings. The minimum absolute atomic E-state index is 0.568. The van der Waals surface area contributed by atoms with Gasteiger partial charge in [0.15, 0.2) is 0 Å². The summed E-state index contributed by atoms with van der Waals surface area (Å²) < 4.78 is 6.28. The maximum absolute atomic E-state index is 10.00. The van der Waals surface area contributed by atoms with E-state index in [1.54, 1.807) is 0 Å². The van der Waals surface area contributed by atoms with Crippen LogP contribution in [-0.2, 0) is 6.54 Å². The lowest BCUT2D eigenvalue weighted by Crippen LogP contribution is -2.29. The van der Waals surface area contributed by atoms with Crippen molar-refractivity contribution in [1.82, 2.24) is 4.90 Å². The van der Waals surface area contributed by atoms with Crippen LogP contribution in [-0.4, -0.2) is 24.6 Å². The van der Waals surface area contributed by atoms with Crippen LogP contribution in [0.1, 0.15) is 84.7 Å². The number of nitriles is 2. The van der Waals surface area contributed by atoms with Gasteiger partial charge in [-0.1, -0.05) is 61.1 Å². The topological polar surface area (TPSA) is 60.0 Å². The zero-order valence-corrected chi connectivity index (χ0v) is 22.0. The first kappa shape index (κ1) is 26.5. The lowest BCUT2D eigenvalue weighted by Gasteiger charge is -2.27. The molecule has 4 heteroatoms. The summed E-state index contributed by atoms with van der Waals surface area (Å²) in [4.78, 5) is 2.52. The first-order valence-corrected chi connectivity index (χ1v) is 13.6. The minimum Gasteiger partial charge on any atom is -0.493 e. The second kappa shape index (κ2) is 13.6.